The molecule has 0 spiro atoms. The van der Waals surface area contributed by atoms with Crippen molar-refractivity contribution < 1.29 is 9.21 Å². The number of benzene rings is 1. The second-order valence-electron chi connectivity index (χ2n) is 7.77. The molecule has 0 atom stereocenters. The van der Waals surface area contributed by atoms with Crippen LogP contribution in [0.5, 0.6) is 0 Å². The molecule has 2 aromatic rings. The highest BCUT2D eigenvalue weighted by molar-refractivity contribution is 8.27. The van der Waals surface area contributed by atoms with E-state index in [0.717, 1.165) is 21.3 Å². The lowest BCUT2D eigenvalue weighted by Gasteiger charge is -2.20. The summed E-state index contributed by atoms with van der Waals surface area (Å²) < 4.78 is 5.93. The fourth-order valence-electron chi connectivity index (χ4n) is 3.88. The Morgan fingerprint density at radius 2 is 2.00 bits per heavy atom. The highest BCUT2D eigenvalue weighted by atomic mass is 32.2. The number of carbonyl (C=O) groups is 1. The van der Waals surface area contributed by atoms with Gasteiger partial charge in [-0.05, 0) is 55.3 Å². The summed E-state index contributed by atoms with van der Waals surface area (Å²) in [5, 5.41) is 17.2. The van der Waals surface area contributed by atoms with Crippen molar-refractivity contribution in [3.63, 3.8) is 0 Å². The van der Waals surface area contributed by atoms with E-state index in [-0.39, 0.29) is 11.4 Å². The number of furan rings is 1. The Morgan fingerprint density at radius 3 is 2.81 bits per heavy atom. The molecule has 1 aromatic carbocycles. The van der Waals surface area contributed by atoms with Crippen molar-refractivity contribution in [2.45, 2.75) is 49.4 Å². The molecular formula is C23H22N4O2S2. The molecule has 1 fully saturated rings. The van der Waals surface area contributed by atoms with Crippen LogP contribution in [0.2, 0.25) is 0 Å². The maximum atomic E-state index is 12.7. The minimum atomic E-state index is -0.442. The zero-order chi connectivity index (χ0) is 21.4. The van der Waals surface area contributed by atoms with E-state index >= 15 is 0 Å². The van der Waals surface area contributed by atoms with Gasteiger partial charge in [0.1, 0.15) is 10.8 Å². The number of fused-ring (bicyclic) bond motifs is 1. The molecule has 158 valence electrons. The zero-order valence-electron chi connectivity index (χ0n) is 17.1. The zero-order valence-corrected chi connectivity index (χ0v) is 18.8. The summed E-state index contributed by atoms with van der Waals surface area (Å²) in [4.78, 5) is 16.8. The molecule has 1 N–H and O–H groups in total. The molecule has 0 saturated heterocycles. The second kappa shape index (κ2) is 8.51. The van der Waals surface area contributed by atoms with Gasteiger partial charge in [0.05, 0.1) is 5.57 Å². The first kappa shape index (κ1) is 20.3. The lowest BCUT2D eigenvalue weighted by molar-refractivity contribution is -0.114. The summed E-state index contributed by atoms with van der Waals surface area (Å²) in [6.07, 6.45) is 7.91. The van der Waals surface area contributed by atoms with Crippen LogP contribution >= 0.6 is 23.5 Å². The van der Waals surface area contributed by atoms with Crippen LogP contribution in [0.25, 0.3) is 6.08 Å². The largest absolute Gasteiger partial charge is 0.450 e. The van der Waals surface area contributed by atoms with Crippen LogP contribution in [-0.4, -0.2) is 32.2 Å². The van der Waals surface area contributed by atoms with Gasteiger partial charge in [0.2, 0.25) is 5.17 Å². The van der Waals surface area contributed by atoms with Crippen LogP contribution < -0.4 is 0 Å². The topological polar surface area (TPSA) is 82.0 Å². The Hall–Kier alpha value is -2.58. The lowest BCUT2D eigenvalue weighted by Crippen LogP contribution is -2.35. The van der Waals surface area contributed by atoms with Gasteiger partial charge in [0, 0.05) is 10.8 Å². The predicted octanol–water partition coefficient (Wildman–Crippen LogP) is 5.68. The number of amidine groups is 2. The smallest absolute Gasteiger partial charge is 0.283 e. The number of hydrazone groups is 1. The normalized spacial score (nSPS) is 20.8. The van der Waals surface area contributed by atoms with E-state index in [1.807, 2.05) is 43.3 Å². The van der Waals surface area contributed by atoms with Crippen molar-refractivity contribution in [1.82, 2.24) is 5.01 Å². The van der Waals surface area contributed by atoms with Crippen LogP contribution in [0.1, 0.15) is 49.0 Å². The predicted molar refractivity (Wildman–Crippen MR) is 127 cm³/mol. The molecule has 1 aliphatic carbocycles. The molecule has 1 aromatic heterocycles. The van der Waals surface area contributed by atoms with Crippen molar-refractivity contribution in [1.29, 1.82) is 5.41 Å². The number of hydrogen-bond acceptors (Lipinski definition) is 6. The van der Waals surface area contributed by atoms with Crippen LogP contribution in [0, 0.1) is 12.3 Å². The molecule has 1 saturated carbocycles. The van der Waals surface area contributed by atoms with Gasteiger partial charge in [-0.2, -0.15) is 15.1 Å². The van der Waals surface area contributed by atoms with E-state index < -0.39 is 5.91 Å². The fourth-order valence-corrected chi connectivity index (χ4v) is 6.05. The molecule has 1 amide bonds. The SMILES string of the molecule is Cc1ccccc1C1=NN2C(=N)/C(=C/c3ccc(SC4CCCCC4)o3)C(=O)N=C2S1. The highest BCUT2D eigenvalue weighted by Crippen LogP contribution is 2.35. The van der Waals surface area contributed by atoms with Gasteiger partial charge in [-0.3, -0.25) is 10.2 Å². The quantitative estimate of drug-likeness (QED) is 0.606. The summed E-state index contributed by atoms with van der Waals surface area (Å²) in [7, 11) is 0. The Labute approximate surface area is 189 Å². The summed E-state index contributed by atoms with van der Waals surface area (Å²) in [6.45, 7) is 2.01. The highest BCUT2D eigenvalue weighted by Gasteiger charge is 2.36. The first-order chi connectivity index (χ1) is 15.1. The van der Waals surface area contributed by atoms with Gasteiger partial charge in [0.25, 0.3) is 5.91 Å². The van der Waals surface area contributed by atoms with Crippen molar-refractivity contribution >= 4 is 51.6 Å². The van der Waals surface area contributed by atoms with E-state index in [1.54, 1.807) is 17.8 Å². The summed E-state index contributed by atoms with van der Waals surface area (Å²) in [6, 6.07) is 11.7. The molecule has 3 heterocycles. The molecule has 8 heteroatoms. The van der Waals surface area contributed by atoms with Crippen LogP contribution in [-0.2, 0) is 4.79 Å². The number of aliphatic imine (C=N–C) groups is 1. The maximum absolute atomic E-state index is 12.7. The third kappa shape index (κ3) is 4.14. The van der Waals surface area contributed by atoms with Gasteiger partial charge >= 0.3 is 0 Å². The van der Waals surface area contributed by atoms with Gasteiger partial charge in [-0.25, -0.2) is 0 Å². The number of rotatable bonds is 4. The van der Waals surface area contributed by atoms with Crippen molar-refractivity contribution in [2.75, 3.05) is 0 Å². The minimum Gasteiger partial charge on any atom is -0.450 e. The number of hydrogen-bond donors (Lipinski definition) is 1. The van der Waals surface area contributed by atoms with Gasteiger partial charge < -0.3 is 4.42 Å². The summed E-state index contributed by atoms with van der Waals surface area (Å²) >= 11 is 3.08. The second-order valence-corrected chi connectivity index (χ2v) is 10.0. The third-order valence-corrected chi connectivity index (χ3v) is 7.75. The van der Waals surface area contributed by atoms with E-state index in [4.69, 9.17) is 9.83 Å². The molecule has 6 nitrogen and oxygen atoms in total. The molecule has 5 rings (SSSR count). The molecule has 31 heavy (non-hydrogen) atoms. The number of carbonyl (C=O) groups excluding carboxylic acids is 1. The summed E-state index contributed by atoms with van der Waals surface area (Å²) in [5.74, 6) is 0.131. The molecule has 3 aliphatic rings. The Kier molecular flexibility index (Phi) is 5.58. The standard InChI is InChI=1S/C23H22N4O2S2/c1-14-7-5-6-10-17(14)22-26-27-20(24)18(21(28)25-23(27)31-22)13-15-11-12-19(29-15)30-16-8-3-2-4-9-16/h5-7,10-13,16,24H,2-4,8-9H2,1H3/b18-13-,24-20?. The van der Waals surface area contributed by atoms with E-state index in [9.17, 15) is 4.79 Å². The van der Waals surface area contributed by atoms with Crippen LogP contribution in [0.3, 0.4) is 0 Å². The first-order valence-electron chi connectivity index (χ1n) is 10.4. The number of aryl methyl sites for hydroxylation is 1. The number of nitrogens with zero attached hydrogens (tertiary/aromatic N) is 3. The number of nitrogens with one attached hydrogen (secondary N) is 1. The van der Waals surface area contributed by atoms with Crippen molar-refractivity contribution in [2.24, 2.45) is 10.1 Å². The average Bonchev–Trinajstić information content (AvgIpc) is 3.39. The monoisotopic (exact) mass is 450 g/mol. The van der Waals surface area contributed by atoms with Gasteiger partial charge in [-0.15, -0.1) is 0 Å². The molecule has 0 bridgehead atoms. The van der Waals surface area contributed by atoms with E-state index in [0.29, 0.717) is 16.2 Å². The van der Waals surface area contributed by atoms with Crippen molar-refractivity contribution in [3.05, 3.63) is 58.9 Å². The minimum absolute atomic E-state index is 0.0176. The van der Waals surface area contributed by atoms with Crippen molar-refractivity contribution in [3.8, 4) is 0 Å². The Bertz CT molecular complexity index is 1140. The Morgan fingerprint density at radius 1 is 1.19 bits per heavy atom. The van der Waals surface area contributed by atoms with Crippen LogP contribution in [0.15, 0.2) is 61.6 Å². The van der Waals surface area contributed by atoms with E-state index in [1.165, 1.54) is 48.9 Å². The van der Waals surface area contributed by atoms with Gasteiger partial charge in [0.15, 0.2) is 10.9 Å². The maximum Gasteiger partial charge on any atom is 0.283 e. The number of thioether (sulfide) groups is 2. The molecular weight excluding hydrogens is 428 g/mol. The molecule has 0 radical (unpaired) electrons. The Balaban J connectivity index is 1.37. The molecule has 2 aliphatic heterocycles. The van der Waals surface area contributed by atoms with Gasteiger partial charge in [-0.1, -0.05) is 55.3 Å². The number of amides is 1. The van der Waals surface area contributed by atoms with Crippen LogP contribution in [0.4, 0.5) is 0 Å². The van der Waals surface area contributed by atoms with E-state index in [2.05, 4.69) is 10.1 Å². The third-order valence-electron chi connectivity index (χ3n) is 5.55. The summed E-state index contributed by atoms with van der Waals surface area (Å²) in [5.41, 5.74) is 2.25. The molecule has 0 unspecified atom stereocenters. The average molecular weight is 451 g/mol. The first-order valence-corrected chi connectivity index (χ1v) is 12.1. The lowest BCUT2D eigenvalue weighted by atomic mass is 10.0. The fraction of sp³-hybridized carbons (Fsp3) is 0.304.